The number of sulfone groups is 1. The molecule has 21 heavy (non-hydrogen) atoms. The molecule has 0 spiro atoms. The van der Waals surface area contributed by atoms with Crippen molar-refractivity contribution in [2.45, 2.75) is 30.4 Å². The highest BCUT2D eigenvalue weighted by Gasteiger charge is 2.24. The van der Waals surface area contributed by atoms with Crippen molar-refractivity contribution in [3.8, 4) is 0 Å². The van der Waals surface area contributed by atoms with E-state index < -0.39 is 15.1 Å². The second-order valence-electron chi connectivity index (χ2n) is 4.80. The molecule has 0 fully saturated rings. The van der Waals surface area contributed by atoms with Crippen LogP contribution in [-0.2, 0) is 9.84 Å². The van der Waals surface area contributed by atoms with Gasteiger partial charge in [-0.3, -0.25) is 4.79 Å². The summed E-state index contributed by atoms with van der Waals surface area (Å²) in [5.74, 6) is -0.346. The van der Waals surface area contributed by atoms with Gasteiger partial charge in [0.25, 0.3) is 5.91 Å². The molecule has 2 N–H and O–H groups in total. The molecule has 7 heteroatoms. The topological polar surface area (TPSA) is 75.3 Å². The molecule has 0 bridgehead atoms. The van der Waals surface area contributed by atoms with E-state index in [-0.39, 0.29) is 28.8 Å². The molecule has 1 amide bonds. The second kappa shape index (κ2) is 9.02. The lowest BCUT2D eigenvalue weighted by Crippen LogP contribution is -2.28. The molecule has 0 aromatic heterocycles. The zero-order valence-electron chi connectivity index (χ0n) is 12.5. The number of hydrogen-bond donors (Lipinski definition) is 2. The third kappa shape index (κ3) is 5.30. The Hall–Kier alpha value is -1.11. The first kappa shape index (κ1) is 19.9. The van der Waals surface area contributed by atoms with Gasteiger partial charge in [0.15, 0.2) is 9.84 Å². The van der Waals surface area contributed by atoms with Gasteiger partial charge in [-0.2, -0.15) is 0 Å². The van der Waals surface area contributed by atoms with Crippen LogP contribution in [0.3, 0.4) is 0 Å². The average Bonchev–Trinajstić information content (AvgIpc) is 2.43. The molecule has 1 aromatic carbocycles. The fraction of sp³-hybridized carbons (Fsp3) is 0.500. The molecule has 0 aliphatic carbocycles. The minimum Gasteiger partial charge on any atom is -0.352 e. The first-order valence-electron chi connectivity index (χ1n) is 6.67. The maximum absolute atomic E-state index is 12.2. The number of amides is 1. The summed E-state index contributed by atoms with van der Waals surface area (Å²) in [5, 5.41) is 5.17. The van der Waals surface area contributed by atoms with Crippen LogP contribution in [0.15, 0.2) is 29.2 Å². The van der Waals surface area contributed by atoms with Crippen molar-refractivity contribution in [1.82, 2.24) is 10.6 Å². The third-order valence-corrected chi connectivity index (χ3v) is 5.16. The average molecular weight is 335 g/mol. The number of carbonyl (C=O) groups is 1. The first-order chi connectivity index (χ1) is 9.41. The molecule has 0 saturated heterocycles. The number of nitrogens with one attached hydrogen (secondary N) is 2. The standard InChI is InChI=1S/C14H22N2O3S.ClH/c1-11(2)20(18,19)13-8-5-4-7-12(13)14(17)16-10-6-9-15-3;/h4-5,7-8,11,15H,6,9-10H2,1-3H3,(H,16,17);1H. The smallest absolute Gasteiger partial charge is 0.252 e. The molecular formula is C14H23ClN2O3S. The summed E-state index contributed by atoms with van der Waals surface area (Å²) >= 11 is 0. The van der Waals surface area contributed by atoms with E-state index in [4.69, 9.17) is 0 Å². The molecule has 0 heterocycles. The summed E-state index contributed by atoms with van der Waals surface area (Å²) in [6.07, 6.45) is 0.793. The van der Waals surface area contributed by atoms with Crippen molar-refractivity contribution in [3.63, 3.8) is 0 Å². The van der Waals surface area contributed by atoms with Crippen LogP contribution in [0.1, 0.15) is 30.6 Å². The first-order valence-corrected chi connectivity index (χ1v) is 8.21. The third-order valence-electron chi connectivity index (χ3n) is 2.95. The van der Waals surface area contributed by atoms with Crippen LogP contribution in [-0.4, -0.2) is 39.7 Å². The largest absolute Gasteiger partial charge is 0.352 e. The summed E-state index contributed by atoms with van der Waals surface area (Å²) in [6, 6.07) is 6.33. The van der Waals surface area contributed by atoms with E-state index in [0.717, 1.165) is 13.0 Å². The number of hydrogen-bond acceptors (Lipinski definition) is 4. The monoisotopic (exact) mass is 334 g/mol. The molecule has 0 atom stereocenters. The molecule has 0 radical (unpaired) electrons. The highest BCUT2D eigenvalue weighted by atomic mass is 35.5. The Balaban J connectivity index is 0.00000400. The van der Waals surface area contributed by atoms with Crippen LogP contribution >= 0.6 is 12.4 Å². The van der Waals surface area contributed by atoms with Gasteiger partial charge in [0.1, 0.15) is 0 Å². The Morgan fingerprint density at radius 3 is 2.38 bits per heavy atom. The van der Waals surface area contributed by atoms with Crippen LogP contribution in [0, 0.1) is 0 Å². The quantitative estimate of drug-likeness (QED) is 0.743. The summed E-state index contributed by atoms with van der Waals surface area (Å²) in [4.78, 5) is 12.2. The van der Waals surface area contributed by atoms with E-state index in [1.54, 1.807) is 32.0 Å². The lowest BCUT2D eigenvalue weighted by molar-refractivity contribution is 0.0950. The molecule has 0 aliphatic rings. The van der Waals surface area contributed by atoms with Gasteiger partial charge in [-0.25, -0.2) is 8.42 Å². The number of halogens is 1. The van der Waals surface area contributed by atoms with Crippen molar-refractivity contribution in [2.24, 2.45) is 0 Å². The zero-order chi connectivity index (χ0) is 15.2. The van der Waals surface area contributed by atoms with Crippen LogP contribution in [0.25, 0.3) is 0 Å². The Labute approximate surface area is 132 Å². The normalized spacial score (nSPS) is 11.0. The fourth-order valence-corrected chi connectivity index (χ4v) is 2.96. The highest BCUT2D eigenvalue weighted by molar-refractivity contribution is 7.92. The molecule has 1 rings (SSSR count). The Morgan fingerprint density at radius 2 is 1.81 bits per heavy atom. The predicted octanol–water partition coefficient (Wildman–Crippen LogP) is 1.63. The van der Waals surface area contributed by atoms with Crippen molar-refractivity contribution in [2.75, 3.05) is 20.1 Å². The van der Waals surface area contributed by atoms with E-state index in [0.29, 0.717) is 6.54 Å². The summed E-state index contributed by atoms with van der Waals surface area (Å²) in [7, 11) is -1.62. The summed E-state index contributed by atoms with van der Waals surface area (Å²) in [5.41, 5.74) is 0.214. The molecule has 0 saturated carbocycles. The van der Waals surface area contributed by atoms with E-state index in [1.807, 2.05) is 7.05 Å². The Kier molecular flexibility index (Phi) is 8.54. The van der Waals surface area contributed by atoms with E-state index in [2.05, 4.69) is 10.6 Å². The van der Waals surface area contributed by atoms with Crippen molar-refractivity contribution in [1.29, 1.82) is 0 Å². The van der Waals surface area contributed by atoms with E-state index in [1.165, 1.54) is 6.07 Å². The minimum absolute atomic E-state index is 0. The van der Waals surface area contributed by atoms with E-state index in [9.17, 15) is 13.2 Å². The van der Waals surface area contributed by atoms with Crippen LogP contribution in [0.4, 0.5) is 0 Å². The summed E-state index contributed by atoms with van der Waals surface area (Å²) in [6.45, 7) is 4.52. The van der Waals surface area contributed by atoms with Gasteiger partial charge in [-0.05, 0) is 46.0 Å². The lowest BCUT2D eigenvalue weighted by atomic mass is 10.2. The van der Waals surface area contributed by atoms with E-state index >= 15 is 0 Å². The fourth-order valence-electron chi connectivity index (χ4n) is 1.72. The number of benzene rings is 1. The maximum atomic E-state index is 12.2. The lowest BCUT2D eigenvalue weighted by Gasteiger charge is -2.13. The Morgan fingerprint density at radius 1 is 1.19 bits per heavy atom. The molecule has 5 nitrogen and oxygen atoms in total. The number of carbonyl (C=O) groups excluding carboxylic acids is 1. The molecule has 0 unspecified atom stereocenters. The van der Waals surface area contributed by atoms with Gasteiger partial charge in [0, 0.05) is 6.54 Å². The van der Waals surface area contributed by atoms with Gasteiger partial charge in [-0.15, -0.1) is 12.4 Å². The zero-order valence-corrected chi connectivity index (χ0v) is 14.2. The SMILES string of the molecule is CNCCCNC(=O)c1ccccc1S(=O)(=O)C(C)C.Cl. The van der Waals surface area contributed by atoms with Gasteiger partial charge in [-0.1, -0.05) is 12.1 Å². The van der Waals surface area contributed by atoms with Crippen molar-refractivity contribution >= 4 is 28.2 Å². The predicted molar refractivity (Wildman–Crippen MR) is 86.9 cm³/mol. The molecule has 120 valence electrons. The van der Waals surface area contributed by atoms with Gasteiger partial charge in [0.2, 0.25) is 0 Å². The number of rotatable bonds is 7. The molecular weight excluding hydrogens is 312 g/mol. The maximum Gasteiger partial charge on any atom is 0.252 e. The highest BCUT2D eigenvalue weighted by Crippen LogP contribution is 2.20. The van der Waals surface area contributed by atoms with Crippen LogP contribution in [0.2, 0.25) is 0 Å². The molecule has 1 aromatic rings. The Bertz CT molecular complexity index is 559. The van der Waals surface area contributed by atoms with Crippen molar-refractivity contribution in [3.05, 3.63) is 29.8 Å². The summed E-state index contributed by atoms with van der Waals surface area (Å²) < 4.78 is 24.5. The molecule has 0 aliphatic heterocycles. The van der Waals surface area contributed by atoms with Crippen LogP contribution in [0.5, 0.6) is 0 Å². The van der Waals surface area contributed by atoms with Crippen molar-refractivity contribution < 1.29 is 13.2 Å². The minimum atomic E-state index is -3.46. The van der Waals surface area contributed by atoms with Gasteiger partial charge in [0.05, 0.1) is 15.7 Å². The van der Waals surface area contributed by atoms with Gasteiger partial charge < -0.3 is 10.6 Å². The van der Waals surface area contributed by atoms with Crippen LogP contribution < -0.4 is 10.6 Å². The second-order valence-corrected chi connectivity index (χ2v) is 7.28. The van der Waals surface area contributed by atoms with Gasteiger partial charge >= 0.3 is 0 Å².